The van der Waals surface area contributed by atoms with Crippen molar-refractivity contribution in [2.24, 2.45) is 0 Å². The normalized spacial score (nSPS) is 15.9. The molecule has 1 saturated heterocycles. The third-order valence-electron chi connectivity index (χ3n) is 3.32. The van der Waals surface area contributed by atoms with Gasteiger partial charge in [-0.25, -0.2) is 4.79 Å². The summed E-state index contributed by atoms with van der Waals surface area (Å²) in [5, 5.41) is 3.36. The molecule has 0 radical (unpaired) electrons. The average Bonchev–Trinajstić information content (AvgIpc) is 3.08. The second-order valence-corrected chi connectivity index (χ2v) is 5.61. The van der Waals surface area contributed by atoms with E-state index in [2.05, 4.69) is 21.2 Å². The first-order valence-electron chi connectivity index (χ1n) is 6.69. The molecule has 110 valence electrons. The molecule has 1 atom stereocenters. The Morgan fingerprint density at radius 1 is 1.33 bits per heavy atom. The largest absolute Gasteiger partial charge is 0.452 e. The molecule has 5 nitrogen and oxygen atoms in total. The van der Waals surface area contributed by atoms with Crippen molar-refractivity contribution in [2.45, 2.75) is 13.0 Å². The van der Waals surface area contributed by atoms with Gasteiger partial charge in [0.15, 0.2) is 4.67 Å². The van der Waals surface area contributed by atoms with Gasteiger partial charge in [0.2, 0.25) is 0 Å². The third kappa shape index (κ3) is 3.05. The number of ether oxygens (including phenoxy) is 1. The molecule has 6 heteroatoms. The van der Waals surface area contributed by atoms with Gasteiger partial charge in [-0.2, -0.15) is 0 Å². The molecular formula is C15H15BrN2O3. The van der Waals surface area contributed by atoms with Gasteiger partial charge < -0.3 is 14.5 Å². The molecule has 1 fully saturated rings. The molecule has 21 heavy (non-hydrogen) atoms. The average molecular weight is 351 g/mol. The number of rotatable bonds is 4. The third-order valence-corrected chi connectivity index (χ3v) is 3.75. The molecule has 3 rings (SSSR count). The summed E-state index contributed by atoms with van der Waals surface area (Å²) in [7, 11) is 0. The summed E-state index contributed by atoms with van der Waals surface area (Å²) in [6.07, 6.45) is -0.296. The van der Waals surface area contributed by atoms with E-state index < -0.39 is 0 Å². The van der Waals surface area contributed by atoms with Gasteiger partial charge in [0.25, 0.3) is 0 Å². The highest BCUT2D eigenvalue weighted by molar-refractivity contribution is 9.10. The van der Waals surface area contributed by atoms with Gasteiger partial charge in [-0.15, -0.1) is 0 Å². The van der Waals surface area contributed by atoms with Crippen LogP contribution in [0.3, 0.4) is 0 Å². The van der Waals surface area contributed by atoms with Crippen molar-refractivity contribution in [3.05, 3.63) is 46.8 Å². The smallest absolute Gasteiger partial charge is 0.414 e. The van der Waals surface area contributed by atoms with Crippen molar-refractivity contribution in [2.75, 3.05) is 23.4 Å². The van der Waals surface area contributed by atoms with E-state index >= 15 is 0 Å². The summed E-state index contributed by atoms with van der Waals surface area (Å²) in [6, 6.07) is 11.5. The molecule has 2 aromatic rings. The van der Waals surface area contributed by atoms with E-state index in [1.54, 1.807) is 4.90 Å². The molecule has 0 spiro atoms. The van der Waals surface area contributed by atoms with E-state index in [4.69, 9.17) is 9.15 Å². The summed E-state index contributed by atoms with van der Waals surface area (Å²) < 4.78 is 11.2. The standard InChI is InChI=1S/C15H15BrN2O3/c1-10(13-5-6-14(16)21-13)17-11-3-2-4-12(9-11)18-7-8-20-15(18)19/h2-6,9-10,17H,7-8H2,1H3. The first-order chi connectivity index (χ1) is 10.1. The second-order valence-electron chi connectivity index (χ2n) is 4.82. The lowest BCUT2D eigenvalue weighted by Crippen LogP contribution is -2.23. The molecule has 1 aliphatic rings. The molecule has 1 aromatic carbocycles. The summed E-state index contributed by atoms with van der Waals surface area (Å²) in [5.74, 6) is 0.841. The fourth-order valence-electron chi connectivity index (χ4n) is 2.27. The van der Waals surface area contributed by atoms with Crippen molar-refractivity contribution in [1.82, 2.24) is 0 Å². The van der Waals surface area contributed by atoms with E-state index in [9.17, 15) is 4.79 Å². The number of nitrogens with zero attached hydrogens (tertiary/aromatic N) is 1. The Labute approximate surface area is 131 Å². The van der Waals surface area contributed by atoms with E-state index in [1.165, 1.54) is 0 Å². The quantitative estimate of drug-likeness (QED) is 0.898. The molecule has 1 unspecified atom stereocenters. The number of hydrogen-bond acceptors (Lipinski definition) is 4. The van der Waals surface area contributed by atoms with E-state index in [0.29, 0.717) is 17.8 Å². The second kappa shape index (κ2) is 5.81. The van der Waals surface area contributed by atoms with Crippen molar-refractivity contribution in [3.63, 3.8) is 0 Å². The Bertz CT molecular complexity index is 656. The summed E-state index contributed by atoms with van der Waals surface area (Å²) in [4.78, 5) is 13.2. The SMILES string of the molecule is CC(Nc1cccc(N2CCOC2=O)c1)c1ccc(Br)o1. The van der Waals surface area contributed by atoms with Gasteiger partial charge in [0, 0.05) is 11.4 Å². The summed E-state index contributed by atoms with van der Waals surface area (Å²) >= 11 is 3.30. The van der Waals surface area contributed by atoms with E-state index in [1.807, 2.05) is 43.3 Å². The lowest BCUT2D eigenvalue weighted by atomic mass is 10.2. The first kappa shape index (κ1) is 14.0. The molecule has 0 aliphatic carbocycles. The molecular weight excluding hydrogens is 336 g/mol. The van der Waals surface area contributed by atoms with Crippen LogP contribution in [-0.4, -0.2) is 19.2 Å². The van der Waals surface area contributed by atoms with Crippen LogP contribution in [0.2, 0.25) is 0 Å². The number of carbonyl (C=O) groups is 1. The van der Waals surface area contributed by atoms with Crippen molar-refractivity contribution in [3.8, 4) is 0 Å². The molecule has 1 aromatic heterocycles. The van der Waals surface area contributed by atoms with Gasteiger partial charge in [0.05, 0.1) is 12.6 Å². The number of carbonyl (C=O) groups excluding carboxylic acids is 1. The van der Waals surface area contributed by atoms with Crippen molar-refractivity contribution in [1.29, 1.82) is 0 Å². The molecule has 1 aliphatic heterocycles. The number of nitrogens with one attached hydrogen (secondary N) is 1. The number of anilines is 2. The van der Waals surface area contributed by atoms with Crippen molar-refractivity contribution < 1.29 is 13.9 Å². The Balaban J connectivity index is 1.75. The lowest BCUT2D eigenvalue weighted by molar-refractivity contribution is 0.181. The Hall–Kier alpha value is -1.95. The molecule has 0 saturated carbocycles. The monoisotopic (exact) mass is 350 g/mol. The maximum atomic E-state index is 11.6. The Morgan fingerprint density at radius 3 is 2.86 bits per heavy atom. The summed E-state index contributed by atoms with van der Waals surface area (Å²) in [5.41, 5.74) is 1.75. The van der Waals surface area contributed by atoms with Crippen LogP contribution in [0, 0.1) is 0 Å². The molecule has 1 N–H and O–H groups in total. The fraction of sp³-hybridized carbons (Fsp3) is 0.267. The number of amides is 1. The molecule has 1 amide bonds. The minimum atomic E-state index is -0.296. The molecule has 0 bridgehead atoms. The highest BCUT2D eigenvalue weighted by Gasteiger charge is 2.23. The Morgan fingerprint density at radius 2 is 2.19 bits per heavy atom. The van der Waals surface area contributed by atoms with Crippen LogP contribution in [0.4, 0.5) is 16.2 Å². The minimum absolute atomic E-state index is 0.0251. The number of cyclic esters (lactones) is 1. The van der Waals surface area contributed by atoms with Gasteiger partial charge in [0.1, 0.15) is 12.4 Å². The van der Waals surface area contributed by atoms with E-state index in [-0.39, 0.29) is 12.1 Å². The fourth-order valence-corrected chi connectivity index (χ4v) is 2.59. The van der Waals surface area contributed by atoms with Gasteiger partial charge in [-0.1, -0.05) is 6.07 Å². The topological polar surface area (TPSA) is 54.7 Å². The maximum Gasteiger partial charge on any atom is 0.414 e. The van der Waals surface area contributed by atoms with Crippen LogP contribution in [0.1, 0.15) is 18.7 Å². The number of furan rings is 1. The zero-order valence-corrected chi connectivity index (χ0v) is 13.1. The highest BCUT2D eigenvalue weighted by Crippen LogP contribution is 2.27. The summed E-state index contributed by atoms with van der Waals surface area (Å²) in [6.45, 7) is 3.04. The maximum absolute atomic E-state index is 11.6. The zero-order valence-electron chi connectivity index (χ0n) is 11.5. The van der Waals surface area contributed by atoms with Crippen LogP contribution < -0.4 is 10.2 Å². The zero-order chi connectivity index (χ0) is 14.8. The number of halogens is 1. The molecule has 2 heterocycles. The van der Waals surface area contributed by atoms with E-state index in [0.717, 1.165) is 17.1 Å². The lowest BCUT2D eigenvalue weighted by Gasteiger charge is -2.17. The van der Waals surface area contributed by atoms with Crippen LogP contribution in [0.15, 0.2) is 45.5 Å². The minimum Gasteiger partial charge on any atom is -0.452 e. The number of hydrogen-bond donors (Lipinski definition) is 1. The van der Waals surface area contributed by atoms with Crippen LogP contribution >= 0.6 is 15.9 Å². The van der Waals surface area contributed by atoms with Crippen molar-refractivity contribution >= 4 is 33.4 Å². The van der Waals surface area contributed by atoms with Crippen LogP contribution in [0.25, 0.3) is 0 Å². The predicted octanol–water partition coefficient (Wildman–Crippen LogP) is 4.17. The van der Waals surface area contributed by atoms with Crippen LogP contribution in [0.5, 0.6) is 0 Å². The van der Waals surface area contributed by atoms with Crippen LogP contribution in [-0.2, 0) is 4.74 Å². The Kier molecular flexibility index (Phi) is 3.88. The first-order valence-corrected chi connectivity index (χ1v) is 7.49. The van der Waals surface area contributed by atoms with Gasteiger partial charge in [-0.3, -0.25) is 4.90 Å². The number of benzene rings is 1. The predicted molar refractivity (Wildman–Crippen MR) is 83.6 cm³/mol. The van der Waals surface area contributed by atoms with Gasteiger partial charge in [-0.05, 0) is 53.2 Å². The van der Waals surface area contributed by atoms with Gasteiger partial charge >= 0.3 is 6.09 Å². The highest BCUT2D eigenvalue weighted by atomic mass is 79.9.